The quantitative estimate of drug-likeness (QED) is 0.819. The third-order valence-electron chi connectivity index (χ3n) is 3.06. The van der Waals surface area contributed by atoms with Gasteiger partial charge in [-0.3, -0.25) is 4.90 Å². The van der Waals surface area contributed by atoms with Gasteiger partial charge in [-0.05, 0) is 20.3 Å². The number of halogens is 1. The molecule has 16 heavy (non-hydrogen) atoms. The van der Waals surface area contributed by atoms with Crippen LogP contribution in [0.5, 0.6) is 0 Å². The van der Waals surface area contributed by atoms with Crippen LogP contribution in [0.2, 0.25) is 0 Å². The lowest BCUT2D eigenvalue weighted by Crippen LogP contribution is -2.57. The summed E-state index contributed by atoms with van der Waals surface area (Å²) in [5, 5.41) is 0.676. The van der Waals surface area contributed by atoms with Gasteiger partial charge in [-0.15, -0.1) is 12.4 Å². The van der Waals surface area contributed by atoms with Crippen LogP contribution in [0.25, 0.3) is 0 Å². The van der Waals surface area contributed by atoms with Crippen LogP contribution in [-0.2, 0) is 4.74 Å². The van der Waals surface area contributed by atoms with Gasteiger partial charge in [0.15, 0.2) is 0 Å². The molecule has 2 heterocycles. The Labute approximate surface area is 109 Å². The van der Waals surface area contributed by atoms with E-state index in [4.69, 9.17) is 10.5 Å². The number of hydrogen-bond donors (Lipinski definition) is 1. The fourth-order valence-electron chi connectivity index (χ4n) is 2.48. The molecule has 2 aliphatic heterocycles. The lowest BCUT2D eigenvalue weighted by atomic mass is 10.0. The van der Waals surface area contributed by atoms with Crippen LogP contribution in [0, 0.1) is 0 Å². The molecule has 2 fully saturated rings. The van der Waals surface area contributed by atoms with Gasteiger partial charge in [-0.1, -0.05) is 0 Å². The lowest BCUT2D eigenvalue weighted by Gasteiger charge is -2.45. The van der Waals surface area contributed by atoms with E-state index in [9.17, 15) is 0 Å². The molecule has 0 saturated carbocycles. The van der Waals surface area contributed by atoms with E-state index in [1.165, 1.54) is 18.7 Å². The van der Waals surface area contributed by atoms with Crippen LogP contribution in [0.3, 0.4) is 0 Å². The predicted octanol–water partition coefficient (Wildman–Crippen LogP) is 1.35. The highest BCUT2D eigenvalue weighted by atomic mass is 35.5. The number of rotatable bonds is 2. The van der Waals surface area contributed by atoms with E-state index < -0.39 is 0 Å². The number of ether oxygens (including phenoxy) is 1. The first-order chi connectivity index (χ1) is 7.06. The Kier molecular flexibility index (Phi) is 5.39. The van der Waals surface area contributed by atoms with Crippen molar-refractivity contribution in [1.82, 2.24) is 4.90 Å². The van der Waals surface area contributed by atoms with E-state index >= 15 is 0 Å². The summed E-state index contributed by atoms with van der Waals surface area (Å²) in [6, 6.07) is 0.695. The summed E-state index contributed by atoms with van der Waals surface area (Å²) in [6.07, 6.45) is 1.17. The van der Waals surface area contributed by atoms with Crippen LogP contribution >= 0.6 is 24.2 Å². The molecule has 0 amide bonds. The molecule has 5 heteroatoms. The smallest absolute Gasteiger partial charge is 0.0600 e. The Morgan fingerprint density at radius 1 is 1.50 bits per heavy atom. The molecule has 2 rings (SSSR count). The van der Waals surface area contributed by atoms with Crippen molar-refractivity contribution in [3.8, 4) is 0 Å². The minimum absolute atomic E-state index is 0. The molecule has 3 nitrogen and oxygen atoms in total. The van der Waals surface area contributed by atoms with Gasteiger partial charge in [-0.2, -0.15) is 11.8 Å². The first-order valence-electron chi connectivity index (χ1n) is 5.78. The number of nitrogens with two attached hydrogens (primary N) is 1. The number of nitrogens with zero attached hydrogens (tertiary/aromatic N) is 1. The summed E-state index contributed by atoms with van der Waals surface area (Å²) in [6.45, 7) is 8.27. The van der Waals surface area contributed by atoms with Gasteiger partial charge in [0.2, 0.25) is 0 Å². The van der Waals surface area contributed by atoms with Crippen molar-refractivity contribution in [3.63, 3.8) is 0 Å². The second-order valence-electron chi connectivity index (χ2n) is 5.30. The highest BCUT2D eigenvalue weighted by Gasteiger charge is 2.35. The minimum Gasteiger partial charge on any atom is -0.380 e. The molecular formula is C11H23ClN2OS. The molecule has 0 aromatic rings. The van der Waals surface area contributed by atoms with Crippen LogP contribution in [0.4, 0.5) is 0 Å². The third kappa shape index (κ3) is 3.77. The van der Waals surface area contributed by atoms with Gasteiger partial charge in [0.05, 0.1) is 6.61 Å². The van der Waals surface area contributed by atoms with Gasteiger partial charge in [0.25, 0.3) is 0 Å². The molecule has 0 aliphatic carbocycles. The van der Waals surface area contributed by atoms with Crippen molar-refractivity contribution < 1.29 is 4.74 Å². The summed E-state index contributed by atoms with van der Waals surface area (Å²) in [5.41, 5.74) is 6.03. The SMILES string of the molecule is CC(C)(N)CN1CCSC2COCCC21.Cl. The fraction of sp³-hybridized carbons (Fsp3) is 1.00. The largest absolute Gasteiger partial charge is 0.380 e. The molecule has 2 saturated heterocycles. The fourth-order valence-corrected chi connectivity index (χ4v) is 3.85. The zero-order chi connectivity index (χ0) is 10.9. The van der Waals surface area contributed by atoms with E-state index in [0.717, 1.165) is 19.8 Å². The van der Waals surface area contributed by atoms with Crippen LogP contribution in [0.15, 0.2) is 0 Å². The van der Waals surface area contributed by atoms with E-state index in [1.807, 2.05) is 0 Å². The van der Waals surface area contributed by atoms with Crippen LogP contribution in [0.1, 0.15) is 20.3 Å². The third-order valence-corrected chi connectivity index (χ3v) is 4.36. The Morgan fingerprint density at radius 3 is 2.94 bits per heavy atom. The van der Waals surface area contributed by atoms with Crippen molar-refractivity contribution in [3.05, 3.63) is 0 Å². The van der Waals surface area contributed by atoms with Crippen LogP contribution < -0.4 is 5.73 Å². The normalized spacial score (nSPS) is 31.7. The van der Waals surface area contributed by atoms with Crippen molar-refractivity contribution in [2.45, 2.75) is 37.1 Å². The average molecular weight is 267 g/mol. The molecule has 0 spiro atoms. The Morgan fingerprint density at radius 2 is 2.25 bits per heavy atom. The standard InChI is InChI=1S/C11H22N2OS.ClH/c1-11(2,12)8-13-4-6-15-10-7-14-5-3-9(10)13;/h9-10H,3-8,12H2,1-2H3;1H. The molecule has 2 atom stereocenters. The topological polar surface area (TPSA) is 38.5 Å². The molecule has 2 N–H and O–H groups in total. The zero-order valence-electron chi connectivity index (χ0n) is 10.1. The maximum atomic E-state index is 6.11. The summed E-state index contributed by atoms with van der Waals surface area (Å²) in [5.74, 6) is 1.22. The summed E-state index contributed by atoms with van der Waals surface area (Å²) in [7, 11) is 0. The number of thioether (sulfide) groups is 1. The molecule has 0 aromatic carbocycles. The highest BCUT2D eigenvalue weighted by molar-refractivity contribution is 8.00. The van der Waals surface area contributed by atoms with E-state index in [1.54, 1.807) is 0 Å². The Balaban J connectivity index is 0.00000128. The first kappa shape index (κ1) is 14.6. The van der Waals surface area contributed by atoms with Gasteiger partial charge < -0.3 is 10.5 Å². The highest BCUT2D eigenvalue weighted by Crippen LogP contribution is 2.30. The molecule has 0 bridgehead atoms. The van der Waals surface area contributed by atoms with Crippen molar-refractivity contribution >= 4 is 24.2 Å². The van der Waals surface area contributed by atoms with Gasteiger partial charge in [0, 0.05) is 42.3 Å². The molecule has 2 aliphatic rings. The Bertz CT molecular complexity index is 221. The van der Waals surface area contributed by atoms with E-state index in [0.29, 0.717) is 11.3 Å². The predicted molar refractivity (Wildman–Crippen MR) is 72.6 cm³/mol. The molecule has 96 valence electrons. The van der Waals surface area contributed by atoms with Crippen molar-refractivity contribution in [2.75, 3.05) is 32.1 Å². The zero-order valence-corrected chi connectivity index (χ0v) is 11.8. The first-order valence-corrected chi connectivity index (χ1v) is 6.83. The molecule has 0 radical (unpaired) electrons. The summed E-state index contributed by atoms with van der Waals surface area (Å²) >= 11 is 2.07. The number of fused-ring (bicyclic) bond motifs is 1. The summed E-state index contributed by atoms with van der Waals surface area (Å²) < 4.78 is 5.54. The van der Waals surface area contributed by atoms with Crippen molar-refractivity contribution in [2.24, 2.45) is 5.73 Å². The maximum absolute atomic E-state index is 6.11. The van der Waals surface area contributed by atoms with Crippen LogP contribution in [-0.4, -0.2) is 53.8 Å². The average Bonchev–Trinajstić information content (AvgIpc) is 2.16. The van der Waals surface area contributed by atoms with Gasteiger partial charge >= 0.3 is 0 Å². The Hall–Kier alpha value is 0.520. The monoisotopic (exact) mass is 266 g/mol. The lowest BCUT2D eigenvalue weighted by molar-refractivity contribution is 0.0319. The molecule has 2 unspecified atom stereocenters. The number of hydrogen-bond acceptors (Lipinski definition) is 4. The molecular weight excluding hydrogens is 244 g/mol. The van der Waals surface area contributed by atoms with Gasteiger partial charge in [-0.25, -0.2) is 0 Å². The molecule has 0 aromatic heterocycles. The minimum atomic E-state index is -0.0785. The van der Waals surface area contributed by atoms with Gasteiger partial charge in [0.1, 0.15) is 0 Å². The summed E-state index contributed by atoms with van der Waals surface area (Å²) in [4.78, 5) is 2.57. The van der Waals surface area contributed by atoms with E-state index in [-0.39, 0.29) is 17.9 Å². The second-order valence-corrected chi connectivity index (χ2v) is 6.65. The second kappa shape index (κ2) is 5.91. The van der Waals surface area contributed by atoms with E-state index in [2.05, 4.69) is 30.5 Å². The maximum Gasteiger partial charge on any atom is 0.0600 e. The van der Waals surface area contributed by atoms with Crippen molar-refractivity contribution in [1.29, 1.82) is 0 Å².